The number of rotatable bonds is 5. The van der Waals surface area contributed by atoms with Crippen LogP contribution in [0.1, 0.15) is 24.1 Å². The van der Waals surface area contributed by atoms with E-state index in [1.807, 2.05) is 6.07 Å². The third-order valence-electron chi connectivity index (χ3n) is 2.81. The highest BCUT2D eigenvalue weighted by molar-refractivity contribution is 7.88. The number of pyridine rings is 1. The molecule has 0 bridgehead atoms. The minimum Gasteiger partial charge on any atom is -0.264 e. The van der Waals surface area contributed by atoms with Gasteiger partial charge in [-0.1, -0.05) is 29.8 Å². The van der Waals surface area contributed by atoms with Crippen LogP contribution in [0.3, 0.4) is 0 Å². The monoisotopic (exact) mass is 310 g/mol. The molecule has 0 fully saturated rings. The minimum atomic E-state index is -3.42. The highest BCUT2D eigenvalue weighted by Crippen LogP contribution is 2.15. The Labute approximate surface area is 123 Å². The van der Waals surface area contributed by atoms with Crippen molar-refractivity contribution in [1.82, 2.24) is 9.71 Å². The third-order valence-corrected chi connectivity index (χ3v) is 4.49. The van der Waals surface area contributed by atoms with Crippen LogP contribution in [-0.4, -0.2) is 13.4 Å². The number of aromatic nitrogens is 1. The van der Waals surface area contributed by atoms with Gasteiger partial charge in [0.25, 0.3) is 0 Å². The summed E-state index contributed by atoms with van der Waals surface area (Å²) in [5, 5.41) is 0.586. The predicted molar refractivity (Wildman–Crippen MR) is 79.9 cm³/mol. The van der Waals surface area contributed by atoms with Crippen molar-refractivity contribution in [2.45, 2.75) is 18.7 Å². The van der Waals surface area contributed by atoms with Gasteiger partial charge in [0.1, 0.15) is 0 Å². The second kappa shape index (κ2) is 6.35. The Balaban J connectivity index is 2.06. The number of hydrogen-bond donors (Lipinski definition) is 1. The van der Waals surface area contributed by atoms with E-state index >= 15 is 0 Å². The van der Waals surface area contributed by atoms with E-state index in [0.717, 1.165) is 5.56 Å². The molecule has 0 aliphatic rings. The van der Waals surface area contributed by atoms with E-state index in [9.17, 15) is 8.42 Å². The maximum absolute atomic E-state index is 12.1. The van der Waals surface area contributed by atoms with E-state index < -0.39 is 10.0 Å². The van der Waals surface area contributed by atoms with E-state index in [0.29, 0.717) is 10.6 Å². The first-order valence-electron chi connectivity index (χ1n) is 6.11. The van der Waals surface area contributed by atoms with Crippen LogP contribution in [0.25, 0.3) is 0 Å². The molecule has 1 heterocycles. The van der Waals surface area contributed by atoms with E-state index in [1.165, 1.54) is 0 Å². The summed E-state index contributed by atoms with van der Waals surface area (Å²) in [6.07, 6.45) is 3.30. The average molecular weight is 311 g/mol. The fraction of sp³-hybridized carbons (Fsp3) is 0.214. The molecular weight excluding hydrogens is 296 g/mol. The summed E-state index contributed by atoms with van der Waals surface area (Å²) in [4.78, 5) is 3.98. The second-order valence-electron chi connectivity index (χ2n) is 4.51. The second-order valence-corrected chi connectivity index (χ2v) is 6.70. The Kier molecular flexibility index (Phi) is 4.75. The molecule has 0 saturated carbocycles. The van der Waals surface area contributed by atoms with Crippen LogP contribution in [0.15, 0.2) is 48.8 Å². The molecule has 2 rings (SSSR count). The molecule has 1 atom stereocenters. The lowest BCUT2D eigenvalue weighted by Gasteiger charge is -2.14. The molecule has 2 aromatic rings. The zero-order valence-corrected chi connectivity index (χ0v) is 12.5. The summed E-state index contributed by atoms with van der Waals surface area (Å²) < 4.78 is 26.8. The fourth-order valence-corrected chi connectivity index (χ4v) is 3.33. The number of benzene rings is 1. The SMILES string of the molecule is CC(NS(=O)(=O)Cc1ccc(Cl)cc1)c1cccnc1. The smallest absolute Gasteiger partial charge is 0.216 e. The summed E-state index contributed by atoms with van der Waals surface area (Å²) in [7, 11) is -3.42. The number of nitrogens with zero attached hydrogens (tertiary/aromatic N) is 1. The van der Waals surface area contributed by atoms with Crippen LogP contribution >= 0.6 is 11.6 Å². The van der Waals surface area contributed by atoms with E-state index in [4.69, 9.17) is 11.6 Å². The zero-order valence-electron chi connectivity index (χ0n) is 11.0. The van der Waals surface area contributed by atoms with Crippen molar-refractivity contribution in [1.29, 1.82) is 0 Å². The van der Waals surface area contributed by atoms with Crippen LogP contribution in [0, 0.1) is 0 Å². The topological polar surface area (TPSA) is 59.1 Å². The van der Waals surface area contributed by atoms with Crippen molar-refractivity contribution in [2.24, 2.45) is 0 Å². The number of sulfonamides is 1. The molecule has 20 heavy (non-hydrogen) atoms. The predicted octanol–water partition coefficient (Wildman–Crippen LogP) is 2.92. The first-order valence-corrected chi connectivity index (χ1v) is 8.14. The first kappa shape index (κ1) is 15.0. The molecule has 1 N–H and O–H groups in total. The molecule has 106 valence electrons. The van der Waals surface area contributed by atoms with Crippen molar-refractivity contribution in [2.75, 3.05) is 0 Å². The van der Waals surface area contributed by atoms with Gasteiger partial charge in [-0.3, -0.25) is 4.98 Å². The van der Waals surface area contributed by atoms with Gasteiger partial charge < -0.3 is 0 Å². The Bertz CT molecular complexity index is 657. The minimum absolute atomic E-state index is 0.0746. The quantitative estimate of drug-likeness (QED) is 0.923. The maximum Gasteiger partial charge on any atom is 0.216 e. The molecule has 6 heteroatoms. The van der Waals surface area contributed by atoms with Gasteiger partial charge in [0, 0.05) is 23.5 Å². The molecule has 0 amide bonds. The van der Waals surface area contributed by atoms with E-state index in [-0.39, 0.29) is 11.8 Å². The highest BCUT2D eigenvalue weighted by atomic mass is 35.5. The van der Waals surface area contributed by atoms with Gasteiger partial charge in [-0.2, -0.15) is 0 Å². The van der Waals surface area contributed by atoms with E-state index in [1.54, 1.807) is 49.6 Å². The number of halogens is 1. The molecule has 4 nitrogen and oxygen atoms in total. The van der Waals surface area contributed by atoms with Crippen molar-refractivity contribution in [3.8, 4) is 0 Å². The van der Waals surface area contributed by atoms with Gasteiger partial charge in [0.15, 0.2) is 0 Å². The summed E-state index contributed by atoms with van der Waals surface area (Å²) in [5.41, 5.74) is 1.52. The Hall–Kier alpha value is -1.43. The van der Waals surface area contributed by atoms with Crippen LogP contribution in [0.2, 0.25) is 5.02 Å². The summed E-state index contributed by atoms with van der Waals surface area (Å²) in [5.74, 6) is -0.0746. The normalized spacial score (nSPS) is 13.1. The largest absolute Gasteiger partial charge is 0.264 e. The molecular formula is C14H15ClN2O2S. The van der Waals surface area contributed by atoms with Gasteiger partial charge in [-0.25, -0.2) is 13.1 Å². The number of nitrogens with one attached hydrogen (secondary N) is 1. The van der Waals surface area contributed by atoms with Crippen molar-refractivity contribution < 1.29 is 8.42 Å². The molecule has 0 aliphatic heterocycles. The number of hydrogen-bond acceptors (Lipinski definition) is 3. The summed E-state index contributed by atoms with van der Waals surface area (Å²) in [6, 6.07) is 10.1. The summed E-state index contributed by atoms with van der Waals surface area (Å²) >= 11 is 5.78. The molecule has 1 aromatic carbocycles. The Morgan fingerprint density at radius 2 is 1.95 bits per heavy atom. The molecule has 0 radical (unpaired) electrons. The molecule has 1 unspecified atom stereocenters. The van der Waals surface area contributed by atoms with Gasteiger partial charge in [-0.05, 0) is 36.2 Å². The van der Waals surface area contributed by atoms with Crippen molar-refractivity contribution in [3.63, 3.8) is 0 Å². The van der Waals surface area contributed by atoms with E-state index in [2.05, 4.69) is 9.71 Å². The van der Waals surface area contributed by atoms with Gasteiger partial charge in [0.2, 0.25) is 10.0 Å². The lowest BCUT2D eigenvalue weighted by molar-refractivity contribution is 0.565. The zero-order chi connectivity index (χ0) is 14.6. The molecule has 0 spiro atoms. The fourth-order valence-electron chi connectivity index (χ4n) is 1.81. The standard InChI is InChI=1S/C14H15ClN2O2S/c1-11(13-3-2-8-16-9-13)17-20(18,19)10-12-4-6-14(15)7-5-12/h2-9,11,17H,10H2,1H3. The van der Waals surface area contributed by atoms with Crippen molar-refractivity contribution >= 4 is 21.6 Å². The lowest BCUT2D eigenvalue weighted by Crippen LogP contribution is -2.28. The van der Waals surface area contributed by atoms with Gasteiger partial charge in [0.05, 0.1) is 5.75 Å². The Morgan fingerprint density at radius 1 is 1.25 bits per heavy atom. The van der Waals surface area contributed by atoms with Gasteiger partial charge in [-0.15, -0.1) is 0 Å². The van der Waals surface area contributed by atoms with Crippen LogP contribution < -0.4 is 4.72 Å². The van der Waals surface area contributed by atoms with Crippen LogP contribution in [0.5, 0.6) is 0 Å². The third kappa shape index (κ3) is 4.30. The molecule has 0 aliphatic carbocycles. The molecule has 1 aromatic heterocycles. The average Bonchev–Trinajstić information content (AvgIpc) is 2.41. The first-order chi connectivity index (χ1) is 9.46. The van der Waals surface area contributed by atoms with Crippen molar-refractivity contribution in [3.05, 3.63) is 64.9 Å². The summed E-state index contributed by atoms with van der Waals surface area (Å²) in [6.45, 7) is 1.79. The Morgan fingerprint density at radius 3 is 2.55 bits per heavy atom. The maximum atomic E-state index is 12.1. The van der Waals surface area contributed by atoms with Gasteiger partial charge >= 0.3 is 0 Å². The molecule has 0 saturated heterocycles. The lowest BCUT2D eigenvalue weighted by atomic mass is 10.2. The highest BCUT2D eigenvalue weighted by Gasteiger charge is 2.16. The van der Waals surface area contributed by atoms with Crippen LogP contribution in [0.4, 0.5) is 0 Å². The van der Waals surface area contributed by atoms with Crippen LogP contribution in [-0.2, 0) is 15.8 Å².